The van der Waals surface area contributed by atoms with Crippen LogP contribution in [-0.4, -0.2) is 30.8 Å². The van der Waals surface area contributed by atoms with Crippen LogP contribution in [0.1, 0.15) is 46.5 Å². The fraction of sp³-hybridized carbons (Fsp3) is 0.923. The van der Waals surface area contributed by atoms with Gasteiger partial charge < -0.3 is 9.69 Å². The maximum absolute atomic E-state index is 11.2. The lowest BCUT2D eigenvalue weighted by Crippen LogP contribution is -2.43. The van der Waals surface area contributed by atoms with Crippen LogP contribution in [0.2, 0.25) is 0 Å². The highest BCUT2D eigenvalue weighted by Crippen LogP contribution is 2.27. The van der Waals surface area contributed by atoms with Gasteiger partial charge in [0.05, 0.1) is 0 Å². The molecule has 2 heteroatoms. The minimum absolute atomic E-state index is 0.0862. The number of piperidine rings is 1. The van der Waals surface area contributed by atoms with E-state index >= 15 is 0 Å². The third-order valence-corrected chi connectivity index (χ3v) is 3.94. The zero-order valence-electron chi connectivity index (χ0n) is 10.5. The van der Waals surface area contributed by atoms with E-state index in [0.717, 1.165) is 25.3 Å². The number of carbonyl (C=O) groups excluding carboxylic acids is 1. The summed E-state index contributed by atoms with van der Waals surface area (Å²) in [6, 6.07) is 0. The van der Waals surface area contributed by atoms with Gasteiger partial charge in [0.2, 0.25) is 0 Å². The second-order valence-electron chi connectivity index (χ2n) is 5.17. The fourth-order valence-corrected chi connectivity index (χ4v) is 2.55. The highest BCUT2D eigenvalue weighted by Gasteiger charge is 2.29. The highest BCUT2D eigenvalue weighted by atomic mass is 16.1. The molecule has 1 saturated heterocycles. The number of carbonyl (C=O) groups is 1. The summed E-state index contributed by atoms with van der Waals surface area (Å²) in [4.78, 5) is 13.7. The van der Waals surface area contributed by atoms with Crippen molar-refractivity contribution >= 4 is 6.29 Å². The van der Waals surface area contributed by atoms with Crippen molar-refractivity contribution in [2.45, 2.75) is 46.5 Å². The zero-order valence-corrected chi connectivity index (χ0v) is 10.5. The zero-order chi connectivity index (χ0) is 11.3. The van der Waals surface area contributed by atoms with Crippen molar-refractivity contribution in [2.75, 3.05) is 19.6 Å². The molecule has 0 bridgehead atoms. The second-order valence-corrected chi connectivity index (χ2v) is 5.17. The van der Waals surface area contributed by atoms with Crippen LogP contribution in [0.15, 0.2) is 0 Å². The van der Waals surface area contributed by atoms with Crippen LogP contribution < -0.4 is 0 Å². The first-order valence-electron chi connectivity index (χ1n) is 6.34. The molecule has 88 valence electrons. The molecular formula is C13H25NO. The first-order chi connectivity index (χ1) is 7.15. The van der Waals surface area contributed by atoms with Crippen molar-refractivity contribution < 1.29 is 4.79 Å². The number of nitrogens with zero attached hydrogens (tertiary/aromatic N) is 1. The number of hydrogen-bond acceptors (Lipinski definition) is 2. The van der Waals surface area contributed by atoms with Gasteiger partial charge in [0, 0.05) is 18.5 Å². The lowest BCUT2D eigenvalue weighted by molar-refractivity contribution is -0.118. The summed E-state index contributed by atoms with van der Waals surface area (Å²) in [5.41, 5.74) is -0.0862. The number of rotatable bonds is 5. The van der Waals surface area contributed by atoms with Crippen LogP contribution in [0, 0.1) is 11.3 Å². The minimum Gasteiger partial charge on any atom is -0.303 e. The molecule has 2 nitrogen and oxygen atoms in total. The van der Waals surface area contributed by atoms with Gasteiger partial charge in [0.1, 0.15) is 6.29 Å². The van der Waals surface area contributed by atoms with Gasteiger partial charge in [-0.05, 0) is 38.1 Å². The van der Waals surface area contributed by atoms with Crippen LogP contribution >= 0.6 is 0 Å². The first kappa shape index (κ1) is 12.7. The SMILES string of the molecule is CCC(C=O)(CC)CN1CCCC(C)C1. The average molecular weight is 211 g/mol. The van der Waals surface area contributed by atoms with Crippen LogP contribution in [0.3, 0.4) is 0 Å². The highest BCUT2D eigenvalue weighted by molar-refractivity contribution is 5.59. The van der Waals surface area contributed by atoms with Crippen molar-refractivity contribution in [3.8, 4) is 0 Å². The Bertz CT molecular complexity index is 199. The van der Waals surface area contributed by atoms with E-state index in [4.69, 9.17) is 0 Å². The Morgan fingerprint density at radius 1 is 1.40 bits per heavy atom. The Balaban J connectivity index is 2.53. The molecule has 15 heavy (non-hydrogen) atoms. The van der Waals surface area contributed by atoms with Crippen LogP contribution in [0.5, 0.6) is 0 Å². The van der Waals surface area contributed by atoms with Crippen LogP contribution in [0.25, 0.3) is 0 Å². The van der Waals surface area contributed by atoms with E-state index in [0.29, 0.717) is 0 Å². The Kier molecular flexibility index (Phi) is 4.78. The molecule has 0 N–H and O–H groups in total. The molecular weight excluding hydrogens is 186 g/mol. The van der Waals surface area contributed by atoms with Gasteiger partial charge in [-0.2, -0.15) is 0 Å². The van der Waals surface area contributed by atoms with Crippen LogP contribution in [0.4, 0.5) is 0 Å². The molecule has 0 amide bonds. The molecule has 1 atom stereocenters. The number of aldehydes is 1. The molecule has 1 heterocycles. The standard InChI is InChI=1S/C13H25NO/c1-4-13(5-2,11-15)10-14-8-6-7-12(3)9-14/h11-12H,4-10H2,1-3H3. The van der Waals surface area contributed by atoms with E-state index in [1.54, 1.807) is 0 Å². The van der Waals surface area contributed by atoms with E-state index < -0.39 is 0 Å². The van der Waals surface area contributed by atoms with Gasteiger partial charge in [-0.15, -0.1) is 0 Å². The van der Waals surface area contributed by atoms with Crippen molar-refractivity contribution in [1.82, 2.24) is 4.90 Å². The molecule has 1 aliphatic rings. The van der Waals surface area contributed by atoms with Gasteiger partial charge in [-0.3, -0.25) is 0 Å². The largest absolute Gasteiger partial charge is 0.303 e. The first-order valence-corrected chi connectivity index (χ1v) is 6.34. The van der Waals surface area contributed by atoms with Gasteiger partial charge in [0.25, 0.3) is 0 Å². The van der Waals surface area contributed by atoms with E-state index in [9.17, 15) is 4.79 Å². The Morgan fingerprint density at radius 2 is 2.07 bits per heavy atom. The lowest BCUT2D eigenvalue weighted by Gasteiger charge is -2.37. The number of hydrogen-bond donors (Lipinski definition) is 0. The predicted molar refractivity (Wildman–Crippen MR) is 63.9 cm³/mol. The van der Waals surface area contributed by atoms with Crippen molar-refractivity contribution in [3.63, 3.8) is 0 Å². The summed E-state index contributed by atoms with van der Waals surface area (Å²) in [5.74, 6) is 0.803. The summed E-state index contributed by atoms with van der Waals surface area (Å²) in [7, 11) is 0. The average Bonchev–Trinajstić information content (AvgIpc) is 2.26. The molecule has 0 aromatic rings. The Hall–Kier alpha value is -0.370. The van der Waals surface area contributed by atoms with E-state index in [1.165, 1.54) is 32.2 Å². The third-order valence-electron chi connectivity index (χ3n) is 3.94. The second kappa shape index (κ2) is 5.64. The molecule has 0 aromatic carbocycles. The van der Waals surface area contributed by atoms with Crippen molar-refractivity contribution in [1.29, 1.82) is 0 Å². The van der Waals surface area contributed by atoms with E-state index in [1.807, 2.05) is 0 Å². The smallest absolute Gasteiger partial charge is 0.127 e. The van der Waals surface area contributed by atoms with Crippen molar-refractivity contribution in [2.24, 2.45) is 11.3 Å². The van der Waals surface area contributed by atoms with Gasteiger partial charge in [-0.1, -0.05) is 20.8 Å². The number of likely N-dealkylation sites (tertiary alicyclic amines) is 1. The summed E-state index contributed by atoms with van der Waals surface area (Å²) in [5, 5.41) is 0. The third kappa shape index (κ3) is 3.30. The van der Waals surface area contributed by atoms with E-state index in [-0.39, 0.29) is 5.41 Å². The minimum atomic E-state index is -0.0862. The maximum atomic E-state index is 11.2. The summed E-state index contributed by atoms with van der Waals surface area (Å²) < 4.78 is 0. The summed E-state index contributed by atoms with van der Waals surface area (Å²) in [6.07, 6.45) is 5.77. The van der Waals surface area contributed by atoms with Crippen LogP contribution in [-0.2, 0) is 4.79 Å². The topological polar surface area (TPSA) is 20.3 Å². The monoisotopic (exact) mass is 211 g/mol. The maximum Gasteiger partial charge on any atom is 0.127 e. The molecule has 1 rings (SSSR count). The predicted octanol–water partition coefficient (Wildman–Crippen LogP) is 2.72. The Labute approximate surface area is 94.0 Å². The lowest BCUT2D eigenvalue weighted by atomic mass is 9.82. The van der Waals surface area contributed by atoms with E-state index in [2.05, 4.69) is 25.7 Å². The summed E-state index contributed by atoms with van der Waals surface area (Å²) in [6.45, 7) is 9.90. The molecule has 1 fully saturated rings. The molecule has 0 saturated carbocycles. The molecule has 0 aliphatic carbocycles. The molecule has 0 aromatic heterocycles. The van der Waals surface area contributed by atoms with Gasteiger partial charge >= 0.3 is 0 Å². The molecule has 0 radical (unpaired) electrons. The van der Waals surface area contributed by atoms with Gasteiger partial charge in [-0.25, -0.2) is 0 Å². The molecule has 0 spiro atoms. The van der Waals surface area contributed by atoms with Gasteiger partial charge in [0.15, 0.2) is 0 Å². The fourth-order valence-electron chi connectivity index (χ4n) is 2.55. The van der Waals surface area contributed by atoms with Crippen molar-refractivity contribution in [3.05, 3.63) is 0 Å². The Morgan fingerprint density at radius 3 is 2.53 bits per heavy atom. The summed E-state index contributed by atoms with van der Waals surface area (Å²) >= 11 is 0. The molecule has 1 aliphatic heterocycles. The molecule has 1 unspecified atom stereocenters. The quantitative estimate of drug-likeness (QED) is 0.652. The normalized spacial score (nSPS) is 24.1.